The SMILES string of the molecule is Cc1nn(C)cc1CC1CCC1O. The summed E-state index contributed by atoms with van der Waals surface area (Å²) in [5.41, 5.74) is 2.38. The molecule has 0 bridgehead atoms. The predicted octanol–water partition coefficient (Wildman–Crippen LogP) is 1.04. The Balaban J connectivity index is 2.04. The van der Waals surface area contributed by atoms with E-state index < -0.39 is 0 Å². The van der Waals surface area contributed by atoms with E-state index in [0.29, 0.717) is 5.92 Å². The molecule has 3 nitrogen and oxygen atoms in total. The van der Waals surface area contributed by atoms with Gasteiger partial charge >= 0.3 is 0 Å². The van der Waals surface area contributed by atoms with Gasteiger partial charge in [-0.2, -0.15) is 5.10 Å². The molecule has 1 heterocycles. The number of nitrogens with zero attached hydrogens (tertiary/aromatic N) is 2. The molecule has 0 aromatic carbocycles. The Kier molecular flexibility index (Phi) is 2.12. The van der Waals surface area contributed by atoms with Gasteiger partial charge in [0.05, 0.1) is 11.8 Å². The summed E-state index contributed by atoms with van der Waals surface area (Å²) in [6.07, 6.45) is 5.11. The normalized spacial score (nSPS) is 27.3. The Bertz CT molecular complexity index is 306. The maximum atomic E-state index is 9.44. The van der Waals surface area contributed by atoms with E-state index in [1.54, 1.807) is 0 Å². The minimum Gasteiger partial charge on any atom is -0.393 e. The van der Waals surface area contributed by atoms with Gasteiger partial charge in [-0.15, -0.1) is 0 Å². The highest BCUT2D eigenvalue weighted by Gasteiger charge is 2.29. The molecule has 13 heavy (non-hydrogen) atoms. The highest BCUT2D eigenvalue weighted by molar-refractivity contribution is 5.16. The summed E-state index contributed by atoms with van der Waals surface area (Å²) in [6.45, 7) is 2.03. The van der Waals surface area contributed by atoms with Crippen molar-refractivity contribution in [2.24, 2.45) is 13.0 Å². The molecule has 1 saturated carbocycles. The zero-order valence-electron chi connectivity index (χ0n) is 8.20. The van der Waals surface area contributed by atoms with Gasteiger partial charge in [-0.3, -0.25) is 4.68 Å². The van der Waals surface area contributed by atoms with E-state index in [1.807, 2.05) is 18.7 Å². The minimum absolute atomic E-state index is 0.0698. The fourth-order valence-electron chi connectivity index (χ4n) is 1.92. The molecule has 1 aromatic rings. The van der Waals surface area contributed by atoms with Gasteiger partial charge in [-0.25, -0.2) is 0 Å². The lowest BCUT2D eigenvalue weighted by atomic mass is 9.78. The standard InChI is InChI=1S/C10H16N2O/c1-7-9(6-12(2)11-7)5-8-3-4-10(8)13/h6,8,10,13H,3-5H2,1-2H3. The number of aliphatic hydroxyl groups excluding tert-OH is 1. The van der Waals surface area contributed by atoms with Crippen molar-refractivity contribution < 1.29 is 5.11 Å². The van der Waals surface area contributed by atoms with Crippen LogP contribution in [0.3, 0.4) is 0 Å². The minimum atomic E-state index is -0.0698. The van der Waals surface area contributed by atoms with Crippen molar-refractivity contribution in [2.45, 2.75) is 32.3 Å². The predicted molar refractivity (Wildman–Crippen MR) is 50.4 cm³/mol. The van der Waals surface area contributed by atoms with E-state index in [4.69, 9.17) is 0 Å². The van der Waals surface area contributed by atoms with Crippen molar-refractivity contribution >= 4 is 0 Å². The second-order valence-electron chi connectivity index (χ2n) is 4.02. The lowest BCUT2D eigenvalue weighted by Gasteiger charge is -2.32. The van der Waals surface area contributed by atoms with E-state index in [-0.39, 0.29) is 6.10 Å². The summed E-state index contributed by atoms with van der Waals surface area (Å²) < 4.78 is 1.84. The largest absolute Gasteiger partial charge is 0.393 e. The van der Waals surface area contributed by atoms with Crippen LogP contribution in [-0.2, 0) is 13.5 Å². The number of hydrogen-bond donors (Lipinski definition) is 1. The van der Waals surface area contributed by atoms with Gasteiger partial charge in [0.25, 0.3) is 0 Å². The van der Waals surface area contributed by atoms with Crippen LogP contribution >= 0.6 is 0 Å². The van der Waals surface area contributed by atoms with E-state index in [2.05, 4.69) is 11.3 Å². The van der Waals surface area contributed by atoms with Gasteiger partial charge in [0, 0.05) is 13.2 Å². The van der Waals surface area contributed by atoms with Gasteiger partial charge in [0.1, 0.15) is 0 Å². The molecule has 72 valence electrons. The molecule has 0 radical (unpaired) electrons. The summed E-state index contributed by atoms with van der Waals surface area (Å²) in [4.78, 5) is 0. The molecule has 1 aliphatic rings. The van der Waals surface area contributed by atoms with Crippen LogP contribution in [-0.4, -0.2) is 21.0 Å². The van der Waals surface area contributed by atoms with Crippen molar-refractivity contribution in [1.29, 1.82) is 0 Å². The third kappa shape index (κ3) is 1.61. The molecule has 2 atom stereocenters. The number of aryl methyl sites for hydroxylation is 2. The molecule has 2 rings (SSSR count). The molecule has 0 saturated heterocycles. The van der Waals surface area contributed by atoms with Crippen LogP contribution in [0.5, 0.6) is 0 Å². The van der Waals surface area contributed by atoms with E-state index in [9.17, 15) is 5.11 Å². The third-order valence-electron chi connectivity index (χ3n) is 2.97. The van der Waals surface area contributed by atoms with Gasteiger partial charge in [-0.1, -0.05) is 0 Å². The van der Waals surface area contributed by atoms with Crippen LogP contribution in [0, 0.1) is 12.8 Å². The Morgan fingerprint density at radius 2 is 2.38 bits per heavy atom. The van der Waals surface area contributed by atoms with Crippen LogP contribution in [0.4, 0.5) is 0 Å². The molecule has 1 N–H and O–H groups in total. The lowest BCUT2D eigenvalue weighted by Crippen LogP contribution is -2.32. The van der Waals surface area contributed by atoms with Crippen molar-refractivity contribution in [3.63, 3.8) is 0 Å². The van der Waals surface area contributed by atoms with Gasteiger partial charge < -0.3 is 5.11 Å². The maximum Gasteiger partial charge on any atom is 0.0625 e. The first-order valence-electron chi connectivity index (χ1n) is 4.84. The first-order valence-corrected chi connectivity index (χ1v) is 4.84. The summed E-state index contributed by atoms with van der Waals surface area (Å²) in [6, 6.07) is 0. The van der Waals surface area contributed by atoms with Crippen LogP contribution in [0.25, 0.3) is 0 Å². The first-order chi connectivity index (χ1) is 6.16. The summed E-state index contributed by atoms with van der Waals surface area (Å²) in [7, 11) is 1.94. The summed E-state index contributed by atoms with van der Waals surface area (Å²) in [5, 5.41) is 13.7. The van der Waals surface area contributed by atoms with Crippen LogP contribution in [0.1, 0.15) is 24.1 Å². The van der Waals surface area contributed by atoms with Crippen molar-refractivity contribution in [2.75, 3.05) is 0 Å². The van der Waals surface area contributed by atoms with Crippen LogP contribution in [0.2, 0.25) is 0 Å². The number of hydrogen-bond acceptors (Lipinski definition) is 2. The van der Waals surface area contributed by atoms with Gasteiger partial charge in [0.15, 0.2) is 0 Å². The monoisotopic (exact) mass is 180 g/mol. The smallest absolute Gasteiger partial charge is 0.0625 e. The molecule has 2 unspecified atom stereocenters. The molecule has 0 aliphatic heterocycles. The summed E-state index contributed by atoms with van der Waals surface area (Å²) >= 11 is 0. The Morgan fingerprint density at radius 1 is 1.62 bits per heavy atom. The second kappa shape index (κ2) is 3.14. The van der Waals surface area contributed by atoms with E-state index in [0.717, 1.165) is 25.0 Å². The maximum absolute atomic E-state index is 9.44. The quantitative estimate of drug-likeness (QED) is 0.738. The van der Waals surface area contributed by atoms with Crippen LogP contribution in [0.15, 0.2) is 6.20 Å². The average molecular weight is 180 g/mol. The molecule has 0 amide bonds. The Hall–Kier alpha value is -0.830. The van der Waals surface area contributed by atoms with Gasteiger partial charge in [-0.05, 0) is 37.7 Å². The van der Waals surface area contributed by atoms with Crippen molar-refractivity contribution in [3.05, 3.63) is 17.5 Å². The zero-order valence-corrected chi connectivity index (χ0v) is 8.20. The zero-order chi connectivity index (χ0) is 9.42. The topological polar surface area (TPSA) is 38.0 Å². The Labute approximate surface area is 78.4 Å². The fraction of sp³-hybridized carbons (Fsp3) is 0.700. The number of aliphatic hydroxyl groups is 1. The van der Waals surface area contributed by atoms with E-state index >= 15 is 0 Å². The van der Waals surface area contributed by atoms with Gasteiger partial charge in [0.2, 0.25) is 0 Å². The molecular weight excluding hydrogens is 164 g/mol. The fourth-order valence-corrected chi connectivity index (χ4v) is 1.92. The third-order valence-corrected chi connectivity index (χ3v) is 2.97. The highest BCUT2D eigenvalue weighted by atomic mass is 16.3. The molecule has 1 aromatic heterocycles. The summed E-state index contributed by atoms with van der Waals surface area (Å²) in [5.74, 6) is 0.475. The molecule has 1 fully saturated rings. The van der Waals surface area contributed by atoms with E-state index in [1.165, 1.54) is 5.56 Å². The first kappa shape index (κ1) is 8.75. The number of aromatic nitrogens is 2. The molecule has 1 aliphatic carbocycles. The molecular formula is C10H16N2O. The second-order valence-corrected chi connectivity index (χ2v) is 4.02. The van der Waals surface area contributed by atoms with Crippen LogP contribution < -0.4 is 0 Å². The molecule has 0 spiro atoms. The highest BCUT2D eigenvalue weighted by Crippen LogP contribution is 2.30. The van der Waals surface area contributed by atoms with Crippen molar-refractivity contribution in [1.82, 2.24) is 9.78 Å². The average Bonchev–Trinajstić information content (AvgIpc) is 2.38. The Morgan fingerprint density at radius 3 is 2.77 bits per heavy atom. The molecule has 3 heteroatoms. The lowest BCUT2D eigenvalue weighted by molar-refractivity contribution is 0.0243. The number of rotatable bonds is 2. The van der Waals surface area contributed by atoms with Crippen molar-refractivity contribution in [3.8, 4) is 0 Å².